The second-order valence-electron chi connectivity index (χ2n) is 5.82. The number of methoxy groups -OCH3 is 1. The van der Waals surface area contributed by atoms with Crippen LogP contribution in [0, 0.1) is 0 Å². The fourth-order valence-electron chi connectivity index (χ4n) is 2.32. The highest BCUT2D eigenvalue weighted by atomic mass is 16.5. The first-order valence-corrected chi connectivity index (χ1v) is 7.97. The Balaban J connectivity index is 1.79. The summed E-state index contributed by atoms with van der Waals surface area (Å²) in [5.41, 5.74) is 0.856. The van der Waals surface area contributed by atoms with Crippen molar-refractivity contribution in [1.29, 1.82) is 0 Å². The maximum atomic E-state index is 12.0. The molecule has 1 aliphatic rings. The van der Waals surface area contributed by atoms with E-state index in [1.165, 1.54) is 18.9 Å². The minimum atomic E-state index is -1.05. The van der Waals surface area contributed by atoms with Crippen LogP contribution in [0.5, 0.6) is 5.75 Å². The van der Waals surface area contributed by atoms with Crippen LogP contribution in [0.15, 0.2) is 24.3 Å². The average Bonchev–Trinajstić information content (AvgIpc) is 2.86. The first-order chi connectivity index (χ1) is 12.3. The van der Waals surface area contributed by atoms with Crippen LogP contribution < -0.4 is 10.1 Å². The van der Waals surface area contributed by atoms with Crippen molar-refractivity contribution in [3.63, 3.8) is 0 Å². The number of amides is 4. The normalized spacial score (nSPS) is 15.0. The van der Waals surface area contributed by atoms with Gasteiger partial charge in [-0.2, -0.15) is 0 Å². The summed E-state index contributed by atoms with van der Waals surface area (Å²) in [6.07, 6.45) is -1.05. The number of rotatable bonds is 7. The predicted octanol–water partition coefficient (Wildman–Crippen LogP) is 0.137. The maximum absolute atomic E-state index is 12.0. The summed E-state index contributed by atoms with van der Waals surface area (Å²) in [5, 5.41) is 2.65. The van der Waals surface area contributed by atoms with Gasteiger partial charge >= 0.3 is 12.0 Å². The van der Waals surface area contributed by atoms with Gasteiger partial charge in [0.1, 0.15) is 18.8 Å². The predicted molar refractivity (Wildman–Crippen MR) is 90.1 cm³/mol. The highest BCUT2D eigenvalue weighted by molar-refractivity contribution is 6.04. The van der Waals surface area contributed by atoms with Crippen molar-refractivity contribution in [2.75, 3.05) is 27.2 Å². The summed E-state index contributed by atoms with van der Waals surface area (Å²) in [7, 11) is 3.02. The van der Waals surface area contributed by atoms with Gasteiger partial charge < -0.3 is 19.7 Å². The molecule has 1 atom stereocenters. The molecule has 9 heteroatoms. The second kappa shape index (κ2) is 8.32. The van der Waals surface area contributed by atoms with E-state index in [0.717, 1.165) is 10.5 Å². The molecule has 0 radical (unpaired) electrons. The number of nitrogens with one attached hydrogen (secondary N) is 1. The van der Waals surface area contributed by atoms with Gasteiger partial charge in [0, 0.05) is 13.6 Å². The lowest BCUT2D eigenvalue weighted by molar-refractivity contribution is -0.156. The molecule has 1 fully saturated rings. The zero-order chi connectivity index (χ0) is 19.3. The molecule has 4 amide bonds. The largest absolute Gasteiger partial charge is 0.497 e. The van der Waals surface area contributed by atoms with Gasteiger partial charge in [0.05, 0.1) is 7.11 Å². The Morgan fingerprint density at radius 2 is 1.88 bits per heavy atom. The summed E-state index contributed by atoms with van der Waals surface area (Å²) in [5.74, 6) is -1.08. The Hall–Kier alpha value is -3.10. The molecule has 1 aliphatic heterocycles. The van der Waals surface area contributed by atoms with Crippen molar-refractivity contribution >= 4 is 23.8 Å². The zero-order valence-electron chi connectivity index (χ0n) is 14.9. The number of benzene rings is 1. The molecule has 1 heterocycles. The highest BCUT2D eigenvalue weighted by Crippen LogP contribution is 2.11. The van der Waals surface area contributed by atoms with Crippen molar-refractivity contribution in [2.24, 2.45) is 0 Å². The summed E-state index contributed by atoms with van der Waals surface area (Å²) >= 11 is 0. The van der Waals surface area contributed by atoms with Gasteiger partial charge in [-0.15, -0.1) is 0 Å². The molecule has 9 nitrogen and oxygen atoms in total. The summed E-state index contributed by atoms with van der Waals surface area (Å²) in [6, 6.07) is 6.58. The zero-order valence-corrected chi connectivity index (χ0v) is 14.9. The third kappa shape index (κ3) is 4.71. The summed E-state index contributed by atoms with van der Waals surface area (Å²) < 4.78 is 10.0. The first kappa shape index (κ1) is 19.2. The number of nitrogens with zero attached hydrogens (tertiary/aromatic N) is 2. The van der Waals surface area contributed by atoms with E-state index in [1.54, 1.807) is 31.4 Å². The fourth-order valence-corrected chi connectivity index (χ4v) is 2.32. The van der Waals surface area contributed by atoms with Gasteiger partial charge in [0.15, 0.2) is 6.10 Å². The van der Waals surface area contributed by atoms with Crippen molar-refractivity contribution in [3.8, 4) is 5.75 Å². The first-order valence-electron chi connectivity index (χ1n) is 7.97. The van der Waals surface area contributed by atoms with Crippen LogP contribution >= 0.6 is 0 Å². The average molecular weight is 363 g/mol. The van der Waals surface area contributed by atoms with Crippen molar-refractivity contribution in [1.82, 2.24) is 15.1 Å². The third-order valence-corrected chi connectivity index (χ3v) is 3.82. The van der Waals surface area contributed by atoms with E-state index >= 15 is 0 Å². The molecule has 0 bridgehead atoms. The lowest BCUT2D eigenvalue weighted by Crippen LogP contribution is -2.40. The molecule has 1 aromatic carbocycles. The van der Waals surface area contributed by atoms with Crippen LogP contribution in [0.2, 0.25) is 0 Å². The Morgan fingerprint density at radius 3 is 2.42 bits per heavy atom. The number of urea groups is 1. The maximum Gasteiger partial charge on any atom is 0.327 e. The monoisotopic (exact) mass is 363 g/mol. The SMILES string of the molecule is COc1ccc(CNC(=O)[C@@H](C)OC(=O)CN2C(=O)CN(C)C2=O)cc1. The molecule has 1 saturated heterocycles. The number of carbonyl (C=O) groups is 4. The van der Waals surface area contributed by atoms with Gasteiger partial charge in [-0.25, -0.2) is 4.79 Å². The van der Waals surface area contributed by atoms with E-state index in [0.29, 0.717) is 5.75 Å². The lowest BCUT2D eigenvalue weighted by atomic mass is 10.2. The van der Waals surface area contributed by atoms with E-state index < -0.39 is 36.5 Å². The van der Waals surface area contributed by atoms with Crippen LogP contribution in [0.25, 0.3) is 0 Å². The number of ether oxygens (including phenoxy) is 2. The van der Waals surface area contributed by atoms with Gasteiger partial charge in [-0.3, -0.25) is 19.3 Å². The van der Waals surface area contributed by atoms with Crippen LogP contribution in [-0.2, 0) is 25.7 Å². The van der Waals surface area contributed by atoms with Gasteiger partial charge in [0.25, 0.3) is 11.8 Å². The van der Waals surface area contributed by atoms with Crippen LogP contribution in [0.1, 0.15) is 12.5 Å². The fraction of sp³-hybridized carbons (Fsp3) is 0.412. The molecular weight excluding hydrogens is 342 g/mol. The van der Waals surface area contributed by atoms with E-state index in [-0.39, 0.29) is 13.1 Å². The molecule has 2 rings (SSSR count). The third-order valence-electron chi connectivity index (χ3n) is 3.82. The standard InChI is InChI=1S/C17H21N3O6/c1-11(16(23)18-8-12-4-6-13(25-3)7-5-12)26-15(22)10-20-14(21)9-19(2)17(20)24/h4-7,11H,8-10H2,1-3H3,(H,18,23)/t11-/m1/s1. The molecule has 0 aliphatic carbocycles. The molecule has 1 aromatic rings. The topological polar surface area (TPSA) is 105 Å². The molecule has 0 saturated carbocycles. The lowest BCUT2D eigenvalue weighted by Gasteiger charge is -2.16. The quantitative estimate of drug-likeness (QED) is 0.546. The Labute approximate surface area is 150 Å². The minimum absolute atomic E-state index is 0.0794. The van der Waals surface area contributed by atoms with Crippen LogP contribution in [0.3, 0.4) is 0 Å². The number of hydrogen-bond acceptors (Lipinski definition) is 6. The molecule has 0 unspecified atom stereocenters. The van der Waals surface area contributed by atoms with Crippen LogP contribution in [0.4, 0.5) is 4.79 Å². The molecule has 0 aromatic heterocycles. The molecule has 26 heavy (non-hydrogen) atoms. The van der Waals surface area contributed by atoms with E-state index in [1.807, 2.05) is 0 Å². The van der Waals surface area contributed by atoms with Crippen molar-refractivity contribution in [2.45, 2.75) is 19.6 Å². The van der Waals surface area contributed by atoms with Gasteiger partial charge in [0.2, 0.25) is 0 Å². The Kier molecular flexibility index (Phi) is 6.16. The number of esters is 1. The van der Waals surface area contributed by atoms with Crippen molar-refractivity contribution < 1.29 is 28.7 Å². The van der Waals surface area contributed by atoms with E-state index in [4.69, 9.17) is 9.47 Å². The molecule has 0 spiro atoms. The van der Waals surface area contributed by atoms with E-state index in [9.17, 15) is 19.2 Å². The smallest absolute Gasteiger partial charge is 0.327 e. The Morgan fingerprint density at radius 1 is 1.23 bits per heavy atom. The Bertz CT molecular complexity index is 703. The van der Waals surface area contributed by atoms with Crippen molar-refractivity contribution in [3.05, 3.63) is 29.8 Å². The van der Waals surface area contributed by atoms with Crippen LogP contribution in [-0.4, -0.2) is 67.0 Å². The number of hydrogen-bond donors (Lipinski definition) is 1. The number of carbonyl (C=O) groups excluding carboxylic acids is 4. The molecule has 1 N–H and O–H groups in total. The highest BCUT2D eigenvalue weighted by Gasteiger charge is 2.35. The molecule has 140 valence electrons. The minimum Gasteiger partial charge on any atom is -0.497 e. The second-order valence-corrected chi connectivity index (χ2v) is 5.82. The molecular formula is C17H21N3O6. The van der Waals surface area contributed by atoms with E-state index in [2.05, 4.69) is 5.32 Å². The number of likely N-dealkylation sites (N-methyl/N-ethyl adjacent to an activating group) is 1. The number of imide groups is 1. The van der Waals surface area contributed by atoms with Gasteiger partial charge in [-0.1, -0.05) is 12.1 Å². The van der Waals surface area contributed by atoms with Gasteiger partial charge in [-0.05, 0) is 24.6 Å². The summed E-state index contributed by atoms with van der Waals surface area (Å²) in [6.45, 7) is 1.09. The summed E-state index contributed by atoms with van der Waals surface area (Å²) in [4.78, 5) is 49.2.